The molecule has 0 radical (unpaired) electrons. The largest absolute Gasteiger partial charge is 0.508 e. The van der Waals surface area contributed by atoms with Crippen LogP contribution in [0.3, 0.4) is 0 Å². The summed E-state index contributed by atoms with van der Waals surface area (Å²) in [6, 6.07) is 13.9. The van der Waals surface area contributed by atoms with Crippen LogP contribution < -0.4 is 10.4 Å². The number of carbonyl (C=O) groups is 1. The number of hydrogen-bond donors (Lipinski definition) is 2. The van der Waals surface area contributed by atoms with Crippen molar-refractivity contribution in [3.8, 4) is 5.75 Å². The number of aromatic hydroxyl groups is 1. The highest BCUT2D eigenvalue weighted by Gasteiger charge is 2.23. The molecule has 2 aromatic rings. The first-order valence-electron chi connectivity index (χ1n) is 6.93. The van der Waals surface area contributed by atoms with Crippen molar-refractivity contribution in [1.29, 1.82) is 0 Å². The van der Waals surface area contributed by atoms with Gasteiger partial charge < -0.3 is 5.11 Å². The maximum Gasteiger partial charge on any atom is 0.176 e. The van der Waals surface area contributed by atoms with Gasteiger partial charge in [-0.1, -0.05) is 23.7 Å². The van der Waals surface area contributed by atoms with Gasteiger partial charge in [0, 0.05) is 17.3 Å². The molecule has 2 N–H and O–H groups in total. The summed E-state index contributed by atoms with van der Waals surface area (Å²) in [6.45, 7) is 0. The molecule has 0 fully saturated rings. The van der Waals surface area contributed by atoms with Crippen LogP contribution in [0.25, 0.3) is 0 Å². The number of phenolic OH excluding ortho intramolecular Hbond substituents is 1. The van der Waals surface area contributed by atoms with E-state index in [-0.39, 0.29) is 17.6 Å². The predicted molar refractivity (Wildman–Crippen MR) is 86.8 cm³/mol. The van der Waals surface area contributed by atoms with Gasteiger partial charge in [0.2, 0.25) is 0 Å². The fourth-order valence-electron chi connectivity index (χ4n) is 2.31. The minimum Gasteiger partial charge on any atom is -0.508 e. The van der Waals surface area contributed by atoms with Gasteiger partial charge in [-0.2, -0.15) is 0 Å². The molecule has 3 rings (SSSR count). The Hall–Kier alpha value is -2.30. The summed E-state index contributed by atoms with van der Waals surface area (Å²) in [7, 11) is 0. The number of phenols is 1. The van der Waals surface area contributed by atoms with Gasteiger partial charge in [-0.25, -0.2) is 5.43 Å². The lowest BCUT2D eigenvalue weighted by Gasteiger charge is -2.30. The number of rotatable bonds is 3. The van der Waals surface area contributed by atoms with E-state index >= 15 is 0 Å². The SMILES string of the molecule is O=C1C=CN(c2ccc(Cl)cc2)NC1Cc1ccc(O)cc1. The number of ketones is 1. The standard InChI is InChI=1S/C17H15ClN2O2/c18-13-3-5-14(6-4-13)20-10-9-17(22)16(19-20)11-12-1-7-15(21)8-2-12/h1-10,16,19,21H,11H2. The molecular formula is C17H15ClN2O2. The predicted octanol–water partition coefficient (Wildman–Crippen LogP) is 3.06. The number of hydrogen-bond acceptors (Lipinski definition) is 4. The fraction of sp³-hybridized carbons (Fsp3) is 0.118. The maximum absolute atomic E-state index is 12.1. The minimum atomic E-state index is -0.342. The van der Waals surface area contributed by atoms with E-state index in [1.807, 2.05) is 29.3 Å². The Kier molecular flexibility index (Phi) is 4.13. The van der Waals surface area contributed by atoms with E-state index < -0.39 is 0 Å². The molecule has 0 bridgehead atoms. The van der Waals surface area contributed by atoms with Gasteiger partial charge in [0.15, 0.2) is 5.78 Å². The second kappa shape index (κ2) is 6.22. The first-order chi connectivity index (χ1) is 10.6. The van der Waals surface area contributed by atoms with Gasteiger partial charge in [-0.15, -0.1) is 0 Å². The Balaban J connectivity index is 1.75. The number of halogens is 1. The van der Waals surface area contributed by atoms with Crippen LogP contribution >= 0.6 is 11.6 Å². The van der Waals surface area contributed by atoms with E-state index in [0.717, 1.165) is 11.3 Å². The molecule has 22 heavy (non-hydrogen) atoms. The van der Waals surface area contributed by atoms with Crippen LogP contribution in [0, 0.1) is 0 Å². The normalized spacial score (nSPS) is 17.8. The highest BCUT2D eigenvalue weighted by atomic mass is 35.5. The monoisotopic (exact) mass is 314 g/mol. The lowest BCUT2D eigenvalue weighted by Crippen LogP contribution is -2.50. The highest BCUT2D eigenvalue weighted by Crippen LogP contribution is 2.20. The molecule has 0 spiro atoms. The van der Waals surface area contributed by atoms with Crippen LogP contribution in [0.1, 0.15) is 5.56 Å². The van der Waals surface area contributed by atoms with E-state index in [4.69, 9.17) is 11.6 Å². The zero-order valence-electron chi connectivity index (χ0n) is 11.7. The van der Waals surface area contributed by atoms with Gasteiger partial charge in [-0.05, 0) is 48.4 Å². The average molecular weight is 315 g/mol. The molecule has 4 nitrogen and oxygen atoms in total. The van der Waals surface area contributed by atoms with Gasteiger partial charge in [0.05, 0.1) is 11.7 Å². The Morgan fingerprint density at radius 1 is 1.09 bits per heavy atom. The molecule has 2 aromatic carbocycles. The Labute approximate surface area is 133 Å². The molecule has 1 unspecified atom stereocenters. The van der Waals surface area contributed by atoms with Crippen LogP contribution in [0.5, 0.6) is 5.75 Å². The summed E-state index contributed by atoms with van der Waals surface area (Å²) in [5.74, 6) is 0.243. The van der Waals surface area contributed by atoms with Gasteiger partial charge in [0.25, 0.3) is 0 Å². The maximum atomic E-state index is 12.1. The number of hydrazine groups is 1. The molecule has 0 amide bonds. The van der Waals surface area contributed by atoms with E-state index in [0.29, 0.717) is 11.4 Å². The lowest BCUT2D eigenvalue weighted by atomic mass is 10.0. The number of benzene rings is 2. The minimum absolute atomic E-state index is 0.0262. The molecule has 1 atom stereocenters. The first-order valence-corrected chi connectivity index (χ1v) is 7.30. The zero-order chi connectivity index (χ0) is 15.5. The summed E-state index contributed by atoms with van der Waals surface area (Å²) in [4.78, 5) is 12.1. The lowest BCUT2D eigenvalue weighted by molar-refractivity contribution is -0.116. The zero-order valence-corrected chi connectivity index (χ0v) is 12.5. The molecule has 1 aliphatic rings. The van der Waals surface area contributed by atoms with Crippen molar-refractivity contribution in [3.05, 3.63) is 71.4 Å². The first kappa shape index (κ1) is 14.6. The molecule has 0 saturated carbocycles. The fourth-order valence-corrected chi connectivity index (χ4v) is 2.44. The summed E-state index contributed by atoms with van der Waals surface area (Å²) < 4.78 is 0. The molecule has 1 heterocycles. The average Bonchev–Trinajstić information content (AvgIpc) is 2.52. The second-order valence-corrected chi connectivity index (χ2v) is 5.55. The van der Waals surface area contributed by atoms with Crippen LogP contribution in [0.4, 0.5) is 5.69 Å². The van der Waals surface area contributed by atoms with E-state index in [1.165, 1.54) is 0 Å². The topological polar surface area (TPSA) is 52.6 Å². The van der Waals surface area contributed by atoms with Crippen molar-refractivity contribution < 1.29 is 9.90 Å². The van der Waals surface area contributed by atoms with Gasteiger partial charge >= 0.3 is 0 Å². The van der Waals surface area contributed by atoms with Gasteiger partial charge in [-0.3, -0.25) is 9.80 Å². The molecule has 112 valence electrons. The van der Waals surface area contributed by atoms with Crippen LogP contribution in [-0.2, 0) is 11.2 Å². The smallest absolute Gasteiger partial charge is 0.176 e. The molecule has 0 saturated heterocycles. The van der Waals surface area contributed by atoms with Crippen molar-refractivity contribution in [2.45, 2.75) is 12.5 Å². The molecule has 1 aliphatic heterocycles. The van der Waals surface area contributed by atoms with E-state index in [1.54, 1.807) is 36.5 Å². The van der Waals surface area contributed by atoms with Crippen molar-refractivity contribution in [3.63, 3.8) is 0 Å². The van der Waals surface area contributed by atoms with Crippen molar-refractivity contribution in [2.75, 3.05) is 5.01 Å². The third kappa shape index (κ3) is 3.30. The number of nitrogens with zero attached hydrogens (tertiary/aromatic N) is 1. The summed E-state index contributed by atoms with van der Waals surface area (Å²) >= 11 is 5.89. The highest BCUT2D eigenvalue weighted by molar-refractivity contribution is 6.30. The van der Waals surface area contributed by atoms with Crippen LogP contribution in [0.2, 0.25) is 5.02 Å². The number of nitrogens with one attached hydrogen (secondary N) is 1. The third-order valence-corrected chi connectivity index (χ3v) is 3.76. The Bertz CT molecular complexity index is 696. The van der Waals surface area contributed by atoms with Crippen molar-refractivity contribution >= 4 is 23.1 Å². The van der Waals surface area contributed by atoms with Crippen LogP contribution in [0.15, 0.2) is 60.8 Å². The van der Waals surface area contributed by atoms with Crippen molar-refractivity contribution in [1.82, 2.24) is 5.43 Å². The van der Waals surface area contributed by atoms with E-state index in [9.17, 15) is 9.90 Å². The summed E-state index contributed by atoms with van der Waals surface area (Å²) in [5.41, 5.74) is 5.08. The molecule has 0 aliphatic carbocycles. The summed E-state index contributed by atoms with van der Waals surface area (Å²) in [6.07, 6.45) is 3.82. The quantitative estimate of drug-likeness (QED) is 0.914. The third-order valence-electron chi connectivity index (χ3n) is 3.51. The van der Waals surface area contributed by atoms with E-state index in [2.05, 4.69) is 5.43 Å². The summed E-state index contributed by atoms with van der Waals surface area (Å²) in [5, 5.41) is 11.8. The second-order valence-electron chi connectivity index (χ2n) is 5.12. The van der Waals surface area contributed by atoms with Crippen LogP contribution in [-0.4, -0.2) is 16.9 Å². The molecular weight excluding hydrogens is 300 g/mol. The van der Waals surface area contributed by atoms with Crippen molar-refractivity contribution in [2.24, 2.45) is 0 Å². The number of anilines is 1. The number of carbonyl (C=O) groups excluding carboxylic acids is 1. The Morgan fingerprint density at radius 3 is 2.45 bits per heavy atom. The Morgan fingerprint density at radius 2 is 1.77 bits per heavy atom. The molecule has 5 heteroatoms. The molecule has 0 aromatic heterocycles. The van der Waals surface area contributed by atoms with Gasteiger partial charge in [0.1, 0.15) is 5.75 Å².